The monoisotopic (exact) mass is 313 g/mol. The number of nitrogens with two attached hydrogens (primary N) is 1. The predicted molar refractivity (Wildman–Crippen MR) is 74.7 cm³/mol. The molecule has 1 amide bonds. The third-order valence-corrected chi connectivity index (χ3v) is 2.79. The van der Waals surface area contributed by atoms with Gasteiger partial charge in [0.25, 0.3) is 0 Å². The maximum atomic E-state index is 11.9. The molecule has 98 valence electrons. The smallest absolute Gasteiger partial charge is 0.229 e. The Labute approximate surface area is 114 Å². The average Bonchev–Trinajstić information content (AvgIpc) is 2.27. The first-order valence-corrected chi connectivity index (χ1v) is 6.14. The van der Waals surface area contributed by atoms with Gasteiger partial charge in [-0.15, -0.1) is 0 Å². The highest BCUT2D eigenvalue weighted by Gasteiger charge is 2.22. The van der Waals surface area contributed by atoms with E-state index in [9.17, 15) is 4.79 Å². The maximum Gasteiger partial charge on any atom is 0.229 e. The molecule has 0 spiro atoms. The Hall–Kier alpha value is -1.56. The zero-order valence-electron chi connectivity index (χ0n) is 10.5. The molecule has 5 nitrogen and oxygen atoms in total. The van der Waals surface area contributed by atoms with Crippen LogP contribution in [0.4, 0.5) is 5.69 Å². The Morgan fingerprint density at radius 2 is 2.06 bits per heavy atom. The van der Waals surface area contributed by atoms with Gasteiger partial charge in [0.05, 0.1) is 5.69 Å². The molecule has 1 aromatic rings. The van der Waals surface area contributed by atoms with Gasteiger partial charge in [0, 0.05) is 15.5 Å². The third kappa shape index (κ3) is 3.46. The highest BCUT2D eigenvalue weighted by atomic mass is 79.9. The number of carbonyl (C=O) groups excluding carboxylic acids is 1. The Kier molecular flexibility index (Phi) is 4.34. The fourth-order valence-electron chi connectivity index (χ4n) is 1.21. The maximum absolute atomic E-state index is 11.9. The molecule has 0 radical (unpaired) electrons. The minimum atomic E-state index is -0.523. The van der Waals surface area contributed by atoms with Crippen LogP contribution in [0.25, 0.3) is 0 Å². The summed E-state index contributed by atoms with van der Waals surface area (Å²) in [6.45, 7) is 5.43. The summed E-state index contributed by atoms with van der Waals surface area (Å²) in [4.78, 5) is 11.9. The molecule has 18 heavy (non-hydrogen) atoms. The lowest BCUT2D eigenvalue weighted by Crippen LogP contribution is -2.29. The molecular formula is C12H16BrN3O2. The van der Waals surface area contributed by atoms with Crippen LogP contribution in [0, 0.1) is 5.41 Å². The van der Waals surface area contributed by atoms with Gasteiger partial charge in [-0.05, 0) is 18.2 Å². The van der Waals surface area contributed by atoms with Crippen molar-refractivity contribution >= 4 is 33.4 Å². The van der Waals surface area contributed by atoms with E-state index in [1.165, 1.54) is 0 Å². The Morgan fingerprint density at radius 3 is 2.56 bits per heavy atom. The molecule has 0 atom stereocenters. The molecule has 0 fully saturated rings. The van der Waals surface area contributed by atoms with Crippen molar-refractivity contribution in [1.29, 1.82) is 0 Å². The van der Waals surface area contributed by atoms with Crippen molar-refractivity contribution < 1.29 is 10.0 Å². The molecule has 0 aliphatic rings. The first kappa shape index (κ1) is 14.5. The summed E-state index contributed by atoms with van der Waals surface area (Å²) < 4.78 is 0.793. The Bertz CT molecular complexity index is 493. The van der Waals surface area contributed by atoms with Crippen LogP contribution in [0.1, 0.15) is 26.3 Å². The quantitative estimate of drug-likeness (QED) is 0.339. The fourth-order valence-corrected chi connectivity index (χ4v) is 1.57. The summed E-state index contributed by atoms with van der Waals surface area (Å²) >= 11 is 3.31. The summed E-state index contributed by atoms with van der Waals surface area (Å²) in [7, 11) is 0. The molecule has 0 aromatic heterocycles. The molecule has 6 heteroatoms. The van der Waals surface area contributed by atoms with Gasteiger partial charge in [-0.1, -0.05) is 41.9 Å². The van der Waals surface area contributed by atoms with Crippen LogP contribution in [0.15, 0.2) is 27.8 Å². The van der Waals surface area contributed by atoms with E-state index in [4.69, 9.17) is 10.9 Å². The van der Waals surface area contributed by atoms with Crippen molar-refractivity contribution in [3.63, 3.8) is 0 Å². The molecule has 0 aliphatic carbocycles. The van der Waals surface area contributed by atoms with Crippen molar-refractivity contribution in [2.45, 2.75) is 20.8 Å². The summed E-state index contributed by atoms with van der Waals surface area (Å²) in [5.74, 6) is -0.195. The number of amidine groups is 1. The largest absolute Gasteiger partial charge is 0.409 e. The van der Waals surface area contributed by atoms with E-state index in [1.807, 2.05) is 20.8 Å². The lowest BCUT2D eigenvalue weighted by Gasteiger charge is -2.19. The number of anilines is 1. The van der Waals surface area contributed by atoms with E-state index in [1.54, 1.807) is 18.2 Å². The molecule has 1 aromatic carbocycles. The lowest BCUT2D eigenvalue weighted by atomic mass is 9.95. The molecule has 0 aliphatic heterocycles. The molecule has 4 N–H and O–H groups in total. The van der Waals surface area contributed by atoms with Crippen LogP contribution >= 0.6 is 15.9 Å². The van der Waals surface area contributed by atoms with Crippen LogP contribution < -0.4 is 11.1 Å². The molecular weight excluding hydrogens is 298 g/mol. The van der Waals surface area contributed by atoms with Crippen LogP contribution in [0.3, 0.4) is 0 Å². The van der Waals surface area contributed by atoms with Crippen molar-refractivity contribution in [3.8, 4) is 0 Å². The predicted octanol–water partition coefficient (Wildman–Crippen LogP) is 2.53. The average molecular weight is 314 g/mol. The second kappa shape index (κ2) is 5.39. The number of oxime groups is 1. The fraction of sp³-hybridized carbons (Fsp3) is 0.333. The van der Waals surface area contributed by atoms with E-state index in [2.05, 4.69) is 26.4 Å². The van der Waals surface area contributed by atoms with Crippen LogP contribution in [-0.2, 0) is 4.79 Å². The van der Waals surface area contributed by atoms with Gasteiger partial charge in [0.1, 0.15) is 0 Å². The zero-order chi connectivity index (χ0) is 13.9. The molecule has 0 saturated heterocycles. The van der Waals surface area contributed by atoms with Crippen molar-refractivity contribution in [1.82, 2.24) is 0 Å². The zero-order valence-corrected chi connectivity index (χ0v) is 12.1. The summed E-state index contributed by atoms with van der Waals surface area (Å²) in [5, 5.41) is 14.4. The molecule has 0 bridgehead atoms. The van der Waals surface area contributed by atoms with E-state index in [0.717, 1.165) is 4.47 Å². The van der Waals surface area contributed by atoms with Gasteiger partial charge < -0.3 is 16.3 Å². The number of hydrogen-bond donors (Lipinski definition) is 3. The molecule has 1 rings (SSSR count). The third-order valence-electron chi connectivity index (χ3n) is 2.29. The summed E-state index contributed by atoms with van der Waals surface area (Å²) in [6.07, 6.45) is 0. The highest BCUT2D eigenvalue weighted by molar-refractivity contribution is 9.10. The van der Waals surface area contributed by atoms with Gasteiger partial charge in [0.2, 0.25) is 5.91 Å². The Balaban J connectivity index is 3.15. The van der Waals surface area contributed by atoms with Crippen molar-refractivity contribution in [3.05, 3.63) is 28.2 Å². The van der Waals surface area contributed by atoms with Crippen molar-refractivity contribution in [2.75, 3.05) is 5.32 Å². The number of nitrogens with zero attached hydrogens (tertiary/aromatic N) is 1. The number of benzene rings is 1. The normalized spacial score (nSPS) is 12.3. The molecule has 0 unspecified atom stereocenters. The lowest BCUT2D eigenvalue weighted by molar-refractivity contribution is -0.123. The second-order valence-corrected chi connectivity index (χ2v) is 5.79. The van der Waals surface area contributed by atoms with Gasteiger partial charge >= 0.3 is 0 Å². The minimum Gasteiger partial charge on any atom is -0.409 e. The van der Waals surface area contributed by atoms with E-state index >= 15 is 0 Å². The standard InChI is InChI=1S/C12H16BrN3O2/c1-12(2,3)11(17)15-9-6-7(13)4-5-8(9)10(14)16-18/h4-6,18H,1-3H3,(H2,14,16)(H,15,17). The highest BCUT2D eigenvalue weighted by Crippen LogP contribution is 2.24. The Morgan fingerprint density at radius 1 is 1.44 bits per heavy atom. The van der Waals surface area contributed by atoms with Gasteiger partial charge in [-0.25, -0.2) is 0 Å². The van der Waals surface area contributed by atoms with Gasteiger partial charge in [-0.2, -0.15) is 0 Å². The number of nitrogens with one attached hydrogen (secondary N) is 1. The van der Waals surface area contributed by atoms with E-state index < -0.39 is 5.41 Å². The molecule has 0 saturated carbocycles. The number of rotatable bonds is 2. The first-order valence-electron chi connectivity index (χ1n) is 5.34. The van der Waals surface area contributed by atoms with Crippen LogP contribution in [0.2, 0.25) is 0 Å². The van der Waals surface area contributed by atoms with Gasteiger partial charge in [-0.3, -0.25) is 4.79 Å². The van der Waals surface area contributed by atoms with Crippen molar-refractivity contribution in [2.24, 2.45) is 16.3 Å². The second-order valence-electron chi connectivity index (χ2n) is 4.88. The van der Waals surface area contributed by atoms with Crippen LogP contribution in [0.5, 0.6) is 0 Å². The molecule has 0 heterocycles. The minimum absolute atomic E-state index is 0.0493. The van der Waals surface area contributed by atoms with E-state index in [-0.39, 0.29) is 11.7 Å². The topological polar surface area (TPSA) is 87.7 Å². The first-order chi connectivity index (χ1) is 8.25. The van der Waals surface area contributed by atoms with E-state index in [0.29, 0.717) is 11.3 Å². The number of amides is 1. The number of hydrogen-bond acceptors (Lipinski definition) is 3. The number of halogens is 1. The van der Waals surface area contributed by atoms with Gasteiger partial charge in [0.15, 0.2) is 5.84 Å². The summed E-state index contributed by atoms with van der Waals surface area (Å²) in [6, 6.07) is 5.12. The SMILES string of the molecule is CC(C)(C)C(=O)Nc1cc(Br)ccc1/C(N)=N/O. The number of carbonyl (C=O) groups is 1. The summed E-state index contributed by atoms with van der Waals surface area (Å²) in [5.41, 5.74) is 6.01. The van der Waals surface area contributed by atoms with Crippen LogP contribution in [-0.4, -0.2) is 17.0 Å².